The normalized spacial score (nSPS) is 31.3. The van der Waals surface area contributed by atoms with Crippen molar-refractivity contribution in [1.29, 1.82) is 0 Å². The molecule has 4 aliphatic carbocycles. The molecule has 29 heavy (non-hydrogen) atoms. The number of hydrogen-bond donors (Lipinski definition) is 3. The quantitative estimate of drug-likeness (QED) is 0.593. The molecule has 4 fully saturated rings. The molecule has 4 bridgehead atoms. The fraction of sp³-hybridized carbons (Fsp3) is 0.708. The van der Waals surface area contributed by atoms with E-state index in [0.717, 1.165) is 29.9 Å². The molecule has 0 unspecified atom stereocenters. The number of nitrogens with one attached hydrogen (secondary N) is 2. The lowest BCUT2D eigenvalue weighted by Crippen LogP contribution is -2.51. The molecule has 0 radical (unpaired) electrons. The van der Waals surface area contributed by atoms with Gasteiger partial charge in [-0.2, -0.15) is 0 Å². The van der Waals surface area contributed by atoms with Crippen LogP contribution in [0.3, 0.4) is 0 Å². The number of amides is 1. The molecule has 1 atom stereocenters. The van der Waals surface area contributed by atoms with Crippen LogP contribution >= 0.6 is 11.6 Å². The molecule has 1 aromatic carbocycles. The summed E-state index contributed by atoms with van der Waals surface area (Å²) in [5, 5.41) is 17.2. The number of halogens is 1. The molecule has 0 saturated heterocycles. The van der Waals surface area contributed by atoms with Crippen molar-refractivity contribution in [1.82, 2.24) is 10.6 Å². The predicted molar refractivity (Wildman–Crippen MR) is 117 cm³/mol. The first-order chi connectivity index (χ1) is 13.8. The van der Waals surface area contributed by atoms with Gasteiger partial charge in [0.05, 0.1) is 16.7 Å². The second kappa shape index (κ2) is 8.56. The van der Waals surface area contributed by atoms with Crippen molar-refractivity contribution in [3.05, 3.63) is 34.3 Å². The Morgan fingerprint density at radius 2 is 1.79 bits per heavy atom. The van der Waals surface area contributed by atoms with E-state index in [2.05, 4.69) is 24.5 Å². The highest BCUT2D eigenvalue weighted by Gasteiger charge is 2.50. The van der Waals surface area contributed by atoms with Gasteiger partial charge >= 0.3 is 0 Å². The molecular weight excluding hydrogens is 384 g/mol. The minimum absolute atomic E-state index is 0.0811. The number of aliphatic hydroxyl groups is 1. The molecule has 160 valence electrons. The van der Waals surface area contributed by atoms with Crippen LogP contribution in [0.2, 0.25) is 5.02 Å². The molecule has 0 heterocycles. The van der Waals surface area contributed by atoms with Gasteiger partial charge in [-0.05, 0) is 85.8 Å². The summed E-state index contributed by atoms with van der Waals surface area (Å²) in [7, 11) is 0. The van der Waals surface area contributed by atoms with E-state index in [1.54, 1.807) is 6.07 Å². The average molecular weight is 419 g/mol. The summed E-state index contributed by atoms with van der Waals surface area (Å²) in [4.78, 5) is 12.9. The molecule has 3 N–H and O–H groups in total. The number of benzene rings is 1. The van der Waals surface area contributed by atoms with E-state index in [9.17, 15) is 9.90 Å². The molecule has 0 aliphatic heterocycles. The van der Waals surface area contributed by atoms with Gasteiger partial charge in [0, 0.05) is 19.1 Å². The van der Waals surface area contributed by atoms with E-state index in [1.165, 1.54) is 38.5 Å². The smallest absolute Gasteiger partial charge is 0.252 e. The summed E-state index contributed by atoms with van der Waals surface area (Å²) in [6, 6.07) is 5.85. The molecule has 1 aromatic rings. The van der Waals surface area contributed by atoms with Gasteiger partial charge < -0.3 is 15.7 Å². The van der Waals surface area contributed by atoms with Crippen molar-refractivity contribution >= 4 is 17.5 Å². The van der Waals surface area contributed by atoms with Gasteiger partial charge in [0.25, 0.3) is 5.91 Å². The first-order valence-corrected chi connectivity index (χ1v) is 11.7. The van der Waals surface area contributed by atoms with Crippen LogP contribution < -0.4 is 10.6 Å². The number of aliphatic hydroxyl groups excluding tert-OH is 1. The highest BCUT2D eigenvalue weighted by atomic mass is 35.5. The van der Waals surface area contributed by atoms with E-state index in [-0.39, 0.29) is 5.91 Å². The second-order valence-corrected chi connectivity index (χ2v) is 10.7. The third kappa shape index (κ3) is 4.98. The summed E-state index contributed by atoms with van der Waals surface area (Å²) >= 11 is 6.35. The monoisotopic (exact) mass is 418 g/mol. The Morgan fingerprint density at radius 1 is 1.17 bits per heavy atom. The summed E-state index contributed by atoms with van der Waals surface area (Å²) in [6.45, 7) is 5.42. The molecule has 0 aromatic heterocycles. The van der Waals surface area contributed by atoms with Crippen LogP contribution in [0.5, 0.6) is 0 Å². The van der Waals surface area contributed by atoms with Gasteiger partial charge in [-0.3, -0.25) is 4.79 Å². The maximum atomic E-state index is 12.9. The van der Waals surface area contributed by atoms with Crippen molar-refractivity contribution < 1.29 is 9.90 Å². The zero-order valence-electron chi connectivity index (χ0n) is 17.7. The molecule has 1 amide bonds. The Labute approximate surface area is 179 Å². The number of carbonyl (C=O) groups is 1. The minimum Gasteiger partial charge on any atom is -0.391 e. The van der Waals surface area contributed by atoms with Crippen LogP contribution in [0.25, 0.3) is 0 Å². The van der Waals surface area contributed by atoms with Crippen LogP contribution in [0, 0.1) is 23.2 Å². The maximum absolute atomic E-state index is 12.9. The van der Waals surface area contributed by atoms with Crippen molar-refractivity contribution in [3.63, 3.8) is 0 Å². The van der Waals surface area contributed by atoms with Crippen LogP contribution in [-0.4, -0.2) is 36.2 Å². The van der Waals surface area contributed by atoms with E-state index >= 15 is 0 Å². The molecular formula is C24H35ClN2O2. The predicted octanol–water partition coefficient (Wildman–Crippen LogP) is 4.19. The Bertz CT molecular complexity index is 713. The average Bonchev–Trinajstić information content (AvgIpc) is 2.65. The SMILES string of the molecule is CC(C)NC[C@H](O)Cc1ccc(Cl)c(C(=O)NCC23CC4CC(CC(C4)C2)C3)c1. The van der Waals surface area contributed by atoms with Gasteiger partial charge in [0.1, 0.15) is 0 Å². The van der Waals surface area contributed by atoms with Crippen molar-refractivity contribution in [3.8, 4) is 0 Å². The molecule has 4 nitrogen and oxygen atoms in total. The lowest BCUT2D eigenvalue weighted by atomic mass is 9.49. The first kappa shape index (κ1) is 21.1. The van der Waals surface area contributed by atoms with E-state index in [1.807, 2.05) is 12.1 Å². The molecule has 5 heteroatoms. The molecule has 4 aliphatic rings. The fourth-order valence-electron chi connectivity index (χ4n) is 6.46. The van der Waals surface area contributed by atoms with Crippen LogP contribution in [0.15, 0.2) is 18.2 Å². The van der Waals surface area contributed by atoms with Crippen molar-refractivity contribution in [2.45, 2.75) is 70.9 Å². The highest BCUT2D eigenvalue weighted by Crippen LogP contribution is 2.59. The number of hydrogen-bond acceptors (Lipinski definition) is 3. The van der Waals surface area contributed by atoms with E-state index in [4.69, 9.17) is 11.6 Å². The standard InChI is InChI=1S/C24H35ClN2O2/c1-15(2)26-13-20(28)8-16-3-4-22(25)21(9-16)23(29)27-14-24-10-17-5-18(11-24)7-19(6-17)12-24/h3-4,9,15,17-20,26,28H,5-8,10-14H2,1-2H3,(H,27,29)/t17?,18?,19?,20-,24?/m1/s1. The van der Waals surface area contributed by atoms with E-state index < -0.39 is 6.10 Å². The molecule has 4 saturated carbocycles. The van der Waals surface area contributed by atoms with Gasteiger partial charge in [0.15, 0.2) is 0 Å². The molecule has 0 spiro atoms. The lowest BCUT2D eigenvalue weighted by molar-refractivity contribution is -0.0503. The number of rotatable bonds is 8. The van der Waals surface area contributed by atoms with E-state index in [0.29, 0.717) is 35.0 Å². The lowest BCUT2D eigenvalue weighted by Gasteiger charge is -2.56. The zero-order chi connectivity index (χ0) is 20.6. The van der Waals surface area contributed by atoms with Gasteiger partial charge in [-0.25, -0.2) is 0 Å². The highest BCUT2D eigenvalue weighted by molar-refractivity contribution is 6.33. The van der Waals surface area contributed by atoms with Crippen molar-refractivity contribution in [2.75, 3.05) is 13.1 Å². The van der Waals surface area contributed by atoms with Gasteiger partial charge in [0.2, 0.25) is 0 Å². The second-order valence-electron chi connectivity index (χ2n) is 10.3. The third-order valence-corrected chi connectivity index (χ3v) is 7.63. The minimum atomic E-state index is -0.485. The third-order valence-electron chi connectivity index (χ3n) is 7.30. The Hall–Kier alpha value is -1.10. The topological polar surface area (TPSA) is 61.4 Å². The first-order valence-electron chi connectivity index (χ1n) is 11.3. The van der Waals surface area contributed by atoms with Crippen LogP contribution in [0.4, 0.5) is 0 Å². The Balaban J connectivity index is 1.37. The number of carbonyl (C=O) groups excluding carboxylic acids is 1. The largest absolute Gasteiger partial charge is 0.391 e. The van der Waals surface area contributed by atoms with Crippen LogP contribution in [0.1, 0.15) is 68.3 Å². The summed E-state index contributed by atoms with van der Waals surface area (Å²) in [6.07, 6.45) is 8.10. The molecule has 5 rings (SSSR count). The maximum Gasteiger partial charge on any atom is 0.252 e. The van der Waals surface area contributed by atoms with Crippen molar-refractivity contribution in [2.24, 2.45) is 23.2 Å². The van der Waals surface area contributed by atoms with Gasteiger partial charge in [-0.15, -0.1) is 0 Å². The summed E-state index contributed by atoms with van der Waals surface area (Å²) < 4.78 is 0. The Morgan fingerprint density at radius 3 is 2.38 bits per heavy atom. The zero-order valence-corrected chi connectivity index (χ0v) is 18.5. The van der Waals surface area contributed by atoms with Gasteiger partial charge in [-0.1, -0.05) is 31.5 Å². The van der Waals surface area contributed by atoms with Crippen LogP contribution in [-0.2, 0) is 6.42 Å². The fourth-order valence-corrected chi connectivity index (χ4v) is 6.66. The Kier molecular flexibility index (Phi) is 6.24. The summed E-state index contributed by atoms with van der Waals surface area (Å²) in [5.74, 6) is 2.56. The summed E-state index contributed by atoms with van der Waals surface area (Å²) in [5.41, 5.74) is 1.78.